The van der Waals surface area contributed by atoms with Gasteiger partial charge in [-0.15, -0.1) is 11.8 Å². The Balaban J connectivity index is 2.33. The molecule has 1 aliphatic heterocycles. The average molecular weight is 222 g/mol. The van der Waals surface area contributed by atoms with Crippen LogP contribution in [0.25, 0.3) is 0 Å². The van der Waals surface area contributed by atoms with Crippen molar-refractivity contribution in [3.8, 4) is 5.75 Å². The van der Waals surface area contributed by atoms with Gasteiger partial charge in [-0.05, 0) is 25.1 Å². The lowest BCUT2D eigenvalue weighted by molar-refractivity contribution is 0.339. The summed E-state index contributed by atoms with van der Waals surface area (Å²) in [6.07, 6.45) is 0.851. The van der Waals surface area contributed by atoms with Gasteiger partial charge >= 0.3 is 0 Å². The maximum atomic E-state index is 5.75. The maximum Gasteiger partial charge on any atom is 0.120 e. The first kappa shape index (κ1) is 10.4. The van der Waals surface area contributed by atoms with E-state index in [1.54, 1.807) is 11.8 Å². The Bertz CT molecular complexity index is 390. The van der Waals surface area contributed by atoms with E-state index in [0.717, 1.165) is 28.5 Å². The second kappa shape index (κ2) is 4.57. The van der Waals surface area contributed by atoms with Gasteiger partial charge in [0.15, 0.2) is 0 Å². The molecule has 0 unspecified atom stereocenters. The number of amidine groups is 1. The molecule has 0 aliphatic carbocycles. The smallest absolute Gasteiger partial charge is 0.120 e. The molecule has 0 saturated carbocycles. The molecule has 0 bridgehead atoms. The van der Waals surface area contributed by atoms with Gasteiger partial charge in [0.2, 0.25) is 0 Å². The third kappa shape index (κ3) is 2.45. The molecule has 0 radical (unpaired) electrons. The normalized spacial score (nSPS) is 15.1. The summed E-state index contributed by atoms with van der Waals surface area (Å²) in [6.45, 7) is 2.67. The Morgan fingerprint density at radius 2 is 2.40 bits per heavy atom. The molecular formula is C11H14N2OS. The molecule has 3 nitrogen and oxygen atoms in total. The van der Waals surface area contributed by atoms with Crippen molar-refractivity contribution in [3.63, 3.8) is 0 Å². The average Bonchev–Trinajstić information content (AvgIpc) is 2.39. The topological polar surface area (TPSA) is 47.6 Å². The minimum atomic E-state index is 0.689. The highest BCUT2D eigenvalue weighted by molar-refractivity contribution is 7.99. The van der Waals surface area contributed by atoms with Crippen molar-refractivity contribution < 1.29 is 4.74 Å². The Kier molecular flexibility index (Phi) is 3.16. The summed E-state index contributed by atoms with van der Waals surface area (Å²) in [5.74, 6) is 2.60. The fraction of sp³-hybridized carbons (Fsp3) is 0.364. The highest BCUT2D eigenvalue weighted by Crippen LogP contribution is 2.35. The summed E-state index contributed by atoms with van der Waals surface area (Å²) in [7, 11) is 0. The first-order valence-corrected chi connectivity index (χ1v) is 6.01. The highest BCUT2D eigenvalue weighted by Gasteiger charge is 2.09. The molecule has 0 fully saturated rings. The number of fused-ring (bicyclic) bond motifs is 1. The van der Waals surface area contributed by atoms with Crippen molar-refractivity contribution in [1.29, 1.82) is 0 Å². The van der Waals surface area contributed by atoms with Crippen LogP contribution in [0, 0.1) is 0 Å². The fourth-order valence-electron chi connectivity index (χ4n) is 1.44. The summed E-state index contributed by atoms with van der Waals surface area (Å²) < 4.78 is 5.45. The minimum Gasteiger partial charge on any atom is -0.494 e. The second-order valence-electron chi connectivity index (χ2n) is 3.26. The lowest BCUT2D eigenvalue weighted by Gasteiger charge is -2.06. The van der Waals surface area contributed by atoms with Gasteiger partial charge < -0.3 is 10.5 Å². The zero-order valence-electron chi connectivity index (χ0n) is 8.69. The molecule has 4 heteroatoms. The minimum absolute atomic E-state index is 0.689. The standard InChI is InChI=1S/C11H14N2OS/c1-2-14-8-3-4-9-10(7-8)15-6-5-11(12)13-9/h3-4,7H,2,5-6H2,1H3,(H2,12,13). The van der Waals surface area contributed by atoms with Crippen molar-refractivity contribution in [2.75, 3.05) is 12.4 Å². The predicted molar refractivity (Wildman–Crippen MR) is 64.2 cm³/mol. The van der Waals surface area contributed by atoms with Gasteiger partial charge in [-0.2, -0.15) is 0 Å². The summed E-state index contributed by atoms with van der Waals surface area (Å²) in [5.41, 5.74) is 6.71. The first-order chi connectivity index (χ1) is 7.29. The number of rotatable bonds is 2. The van der Waals surface area contributed by atoms with Crippen LogP contribution < -0.4 is 10.5 Å². The lowest BCUT2D eigenvalue weighted by atomic mass is 10.3. The Morgan fingerprint density at radius 3 is 3.20 bits per heavy atom. The van der Waals surface area contributed by atoms with E-state index in [-0.39, 0.29) is 0 Å². The molecule has 1 aromatic rings. The van der Waals surface area contributed by atoms with E-state index < -0.39 is 0 Å². The molecule has 15 heavy (non-hydrogen) atoms. The third-order valence-electron chi connectivity index (χ3n) is 2.12. The predicted octanol–water partition coefficient (Wildman–Crippen LogP) is 2.57. The maximum absolute atomic E-state index is 5.75. The molecule has 0 atom stereocenters. The van der Waals surface area contributed by atoms with Crippen LogP contribution >= 0.6 is 11.8 Å². The second-order valence-corrected chi connectivity index (χ2v) is 4.40. The molecule has 2 N–H and O–H groups in total. The SMILES string of the molecule is CCOc1ccc2c(c1)SCCC(N)=N2. The van der Waals surface area contributed by atoms with Crippen LogP contribution in [-0.2, 0) is 0 Å². The van der Waals surface area contributed by atoms with Crippen LogP contribution in [0.1, 0.15) is 13.3 Å². The number of hydrogen-bond acceptors (Lipinski definition) is 4. The first-order valence-electron chi connectivity index (χ1n) is 5.02. The number of nitrogens with two attached hydrogens (primary N) is 1. The zero-order valence-corrected chi connectivity index (χ0v) is 9.51. The van der Waals surface area contributed by atoms with Crippen molar-refractivity contribution in [3.05, 3.63) is 18.2 Å². The molecule has 1 aromatic carbocycles. The van der Waals surface area contributed by atoms with Crippen molar-refractivity contribution in [2.24, 2.45) is 10.7 Å². The molecule has 2 rings (SSSR count). The number of aliphatic imine (C=N–C) groups is 1. The molecule has 0 aromatic heterocycles. The molecule has 0 spiro atoms. The largest absolute Gasteiger partial charge is 0.494 e. The van der Waals surface area contributed by atoms with Gasteiger partial charge in [-0.3, -0.25) is 0 Å². The zero-order chi connectivity index (χ0) is 10.7. The number of ether oxygens (including phenoxy) is 1. The van der Waals surface area contributed by atoms with Gasteiger partial charge in [0, 0.05) is 17.1 Å². The Morgan fingerprint density at radius 1 is 1.53 bits per heavy atom. The molecule has 1 heterocycles. The number of hydrogen-bond donors (Lipinski definition) is 1. The Hall–Kier alpha value is -1.16. The summed E-state index contributed by atoms with van der Waals surface area (Å²) in [4.78, 5) is 5.51. The Labute approximate surface area is 93.7 Å². The quantitative estimate of drug-likeness (QED) is 0.836. The van der Waals surface area contributed by atoms with Gasteiger partial charge in [0.1, 0.15) is 11.6 Å². The monoisotopic (exact) mass is 222 g/mol. The van der Waals surface area contributed by atoms with Crippen LogP contribution in [0.15, 0.2) is 28.1 Å². The van der Waals surface area contributed by atoms with Crippen LogP contribution in [0.4, 0.5) is 5.69 Å². The number of thioether (sulfide) groups is 1. The van der Waals surface area contributed by atoms with Crippen molar-refractivity contribution in [2.45, 2.75) is 18.2 Å². The van der Waals surface area contributed by atoms with E-state index in [1.165, 1.54) is 0 Å². The molecule has 0 saturated heterocycles. The van der Waals surface area contributed by atoms with Crippen molar-refractivity contribution in [1.82, 2.24) is 0 Å². The van der Waals surface area contributed by atoms with Crippen LogP contribution in [0.3, 0.4) is 0 Å². The van der Waals surface area contributed by atoms with Gasteiger partial charge in [-0.25, -0.2) is 4.99 Å². The van der Waals surface area contributed by atoms with Crippen LogP contribution in [0.5, 0.6) is 5.75 Å². The van der Waals surface area contributed by atoms with Crippen LogP contribution in [0.2, 0.25) is 0 Å². The van der Waals surface area contributed by atoms with E-state index in [2.05, 4.69) is 4.99 Å². The molecule has 0 amide bonds. The van der Waals surface area contributed by atoms with E-state index >= 15 is 0 Å². The highest BCUT2D eigenvalue weighted by atomic mass is 32.2. The number of benzene rings is 1. The summed E-state index contributed by atoms with van der Waals surface area (Å²) in [6, 6.07) is 5.93. The summed E-state index contributed by atoms with van der Waals surface area (Å²) >= 11 is 1.78. The molecular weight excluding hydrogens is 208 g/mol. The van der Waals surface area contributed by atoms with Gasteiger partial charge in [0.25, 0.3) is 0 Å². The van der Waals surface area contributed by atoms with E-state index in [0.29, 0.717) is 12.4 Å². The molecule has 80 valence electrons. The van der Waals surface area contributed by atoms with E-state index in [1.807, 2.05) is 25.1 Å². The molecule has 1 aliphatic rings. The lowest BCUT2D eigenvalue weighted by Crippen LogP contribution is -2.10. The summed E-state index contributed by atoms with van der Waals surface area (Å²) in [5, 5.41) is 0. The van der Waals surface area contributed by atoms with Gasteiger partial charge in [-0.1, -0.05) is 0 Å². The van der Waals surface area contributed by atoms with Crippen molar-refractivity contribution >= 4 is 23.3 Å². The fourth-order valence-corrected chi connectivity index (χ4v) is 2.43. The van der Waals surface area contributed by atoms with Crippen LogP contribution in [-0.4, -0.2) is 18.2 Å². The van der Waals surface area contributed by atoms with E-state index in [9.17, 15) is 0 Å². The third-order valence-corrected chi connectivity index (χ3v) is 3.17. The van der Waals surface area contributed by atoms with Gasteiger partial charge in [0.05, 0.1) is 12.3 Å². The number of nitrogens with zero attached hydrogens (tertiary/aromatic N) is 1. The van der Waals surface area contributed by atoms with E-state index in [4.69, 9.17) is 10.5 Å².